The summed E-state index contributed by atoms with van der Waals surface area (Å²) in [4.78, 5) is 5.04. The Morgan fingerprint density at radius 1 is 1.43 bits per heavy atom. The van der Waals surface area contributed by atoms with Gasteiger partial charge in [0.25, 0.3) is 0 Å². The summed E-state index contributed by atoms with van der Waals surface area (Å²) in [5, 5.41) is 3.31. The van der Waals surface area contributed by atoms with Crippen LogP contribution in [0, 0.1) is 0 Å². The van der Waals surface area contributed by atoms with Crippen molar-refractivity contribution in [3.63, 3.8) is 0 Å². The number of nitrogens with one attached hydrogen (secondary N) is 1. The lowest BCUT2D eigenvalue weighted by molar-refractivity contribution is 0.188. The topological polar surface area (TPSA) is 18.5 Å². The third-order valence-corrected chi connectivity index (χ3v) is 3.19. The Hall–Kier alpha value is -0.120. The Labute approximate surface area is 88.5 Å². The summed E-state index contributed by atoms with van der Waals surface area (Å²) in [7, 11) is 4.26. The van der Waals surface area contributed by atoms with Gasteiger partial charge in [-0.15, -0.1) is 0 Å². The summed E-state index contributed by atoms with van der Waals surface area (Å²) < 4.78 is 0. The van der Waals surface area contributed by atoms with E-state index in [4.69, 9.17) is 0 Å². The number of likely N-dealkylation sites (N-methyl/N-ethyl adjacent to an activating group) is 2. The highest BCUT2D eigenvalue weighted by molar-refractivity contribution is 4.77. The van der Waals surface area contributed by atoms with E-state index in [0.717, 1.165) is 0 Å². The molecule has 0 aromatic rings. The second-order valence-corrected chi connectivity index (χ2v) is 4.65. The van der Waals surface area contributed by atoms with Crippen LogP contribution in [0.3, 0.4) is 0 Å². The molecule has 0 aromatic carbocycles. The lowest BCUT2D eigenvalue weighted by atomic mass is 10.2. The summed E-state index contributed by atoms with van der Waals surface area (Å²) in [5.74, 6) is 0. The molecule has 2 atom stereocenters. The van der Waals surface area contributed by atoms with E-state index in [0.29, 0.717) is 12.1 Å². The highest BCUT2D eigenvalue weighted by atomic mass is 15.2. The van der Waals surface area contributed by atoms with Gasteiger partial charge in [-0.2, -0.15) is 0 Å². The van der Waals surface area contributed by atoms with Gasteiger partial charge in [0.05, 0.1) is 0 Å². The average molecular weight is 199 g/mol. The fourth-order valence-corrected chi connectivity index (χ4v) is 2.14. The monoisotopic (exact) mass is 199 g/mol. The highest BCUT2D eigenvalue weighted by Gasteiger charge is 2.20. The molecule has 1 aliphatic rings. The zero-order valence-corrected chi connectivity index (χ0v) is 10.1. The van der Waals surface area contributed by atoms with Crippen molar-refractivity contribution >= 4 is 0 Å². The maximum Gasteiger partial charge on any atom is 0.0195 e. The van der Waals surface area contributed by atoms with Crippen molar-refractivity contribution in [2.45, 2.75) is 32.4 Å². The molecule has 1 unspecified atom stereocenters. The zero-order chi connectivity index (χ0) is 10.6. The van der Waals surface area contributed by atoms with Gasteiger partial charge in [0.1, 0.15) is 0 Å². The maximum absolute atomic E-state index is 3.31. The highest BCUT2D eigenvalue weighted by Crippen LogP contribution is 2.08. The van der Waals surface area contributed by atoms with Crippen LogP contribution in [0.15, 0.2) is 0 Å². The summed E-state index contributed by atoms with van der Waals surface area (Å²) in [6.07, 6.45) is 1.30. The fraction of sp³-hybridized carbons (Fsp3) is 1.00. The predicted molar refractivity (Wildman–Crippen MR) is 61.7 cm³/mol. The SMILES string of the molecule is CN[C@@H](C)CN1CCCN(C)CC1C. The molecule has 14 heavy (non-hydrogen) atoms. The Kier molecular flexibility index (Phi) is 4.85. The minimum absolute atomic E-state index is 0.598. The first kappa shape index (κ1) is 12.0. The van der Waals surface area contributed by atoms with Gasteiger partial charge in [0.2, 0.25) is 0 Å². The van der Waals surface area contributed by atoms with Gasteiger partial charge in [-0.3, -0.25) is 4.90 Å². The quantitative estimate of drug-likeness (QED) is 0.719. The Morgan fingerprint density at radius 3 is 2.79 bits per heavy atom. The molecule has 1 heterocycles. The molecule has 0 aliphatic carbocycles. The van der Waals surface area contributed by atoms with E-state index in [2.05, 4.69) is 36.0 Å². The third-order valence-electron chi connectivity index (χ3n) is 3.19. The number of rotatable bonds is 3. The predicted octanol–water partition coefficient (Wildman–Crippen LogP) is 0.620. The van der Waals surface area contributed by atoms with Crippen LogP contribution in [0.5, 0.6) is 0 Å². The van der Waals surface area contributed by atoms with Crippen molar-refractivity contribution in [3.05, 3.63) is 0 Å². The molecule has 0 saturated carbocycles. The van der Waals surface area contributed by atoms with E-state index in [9.17, 15) is 0 Å². The molecule has 0 amide bonds. The van der Waals surface area contributed by atoms with Crippen LogP contribution in [0.1, 0.15) is 20.3 Å². The first-order valence-corrected chi connectivity index (χ1v) is 5.73. The van der Waals surface area contributed by atoms with Gasteiger partial charge in [-0.25, -0.2) is 0 Å². The molecule has 0 spiro atoms. The van der Waals surface area contributed by atoms with Crippen molar-refractivity contribution in [1.82, 2.24) is 15.1 Å². The fourth-order valence-electron chi connectivity index (χ4n) is 2.14. The normalized spacial score (nSPS) is 28.7. The largest absolute Gasteiger partial charge is 0.316 e. The summed E-state index contributed by atoms with van der Waals surface area (Å²) >= 11 is 0. The lowest BCUT2D eigenvalue weighted by Crippen LogP contribution is -2.44. The van der Waals surface area contributed by atoms with Crippen LogP contribution in [-0.4, -0.2) is 62.2 Å². The minimum atomic E-state index is 0.598. The van der Waals surface area contributed by atoms with Gasteiger partial charge in [0.15, 0.2) is 0 Å². The van der Waals surface area contributed by atoms with Crippen LogP contribution in [0.2, 0.25) is 0 Å². The Bertz CT molecular complexity index is 161. The van der Waals surface area contributed by atoms with Crippen molar-refractivity contribution in [2.75, 3.05) is 40.3 Å². The van der Waals surface area contributed by atoms with Gasteiger partial charge >= 0.3 is 0 Å². The van der Waals surface area contributed by atoms with E-state index in [1.807, 2.05) is 7.05 Å². The molecular weight excluding hydrogens is 174 g/mol. The molecule has 3 nitrogen and oxygen atoms in total. The molecule has 0 bridgehead atoms. The van der Waals surface area contributed by atoms with E-state index in [-0.39, 0.29) is 0 Å². The smallest absolute Gasteiger partial charge is 0.0195 e. The third kappa shape index (κ3) is 3.56. The van der Waals surface area contributed by atoms with Crippen molar-refractivity contribution in [3.8, 4) is 0 Å². The molecule has 1 saturated heterocycles. The van der Waals surface area contributed by atoms with Crippen LogP contribution >= 0.6 is 0 Å². The average Bonchev–Trinajstić information content (AvgIpc) is 2.29. The Morgan fingerprint density at radius 2 is 2.14 bits per heavy atom. The van der Waals surface area contributed by atoms with Crippen molar-refractivity contribution in [1.29, 1.82) is 0 Å². The second-order valence-electron chi connectivity index (χ2n) is 4.65. The van der Waals surface area contributed by atoms with Crippen LogP contribution in [0.4, 0.5) is 0 Å². The maximum atomic E-state index is 3.31. The van der Waals surface area contributed by atoms with Gasteiger partial charge < -0.3 is 10.2 Å². The van der Waals surface area contributed by atoms with Crippen LogP contribution in [-0.2, 0) is 0 Å². The summed E-state index contributed by atoms with van der Waals surface area (Å²) in [5.41, 5.74) is 0. The first-order chi connectivity index (χ1) is 6.63. The number of nitrogens with zero attached hydrogens (tertiary/aromatic N) is 2. The van der Waals surface area contributed by atoms with E-state index in [1.165, 1.54) is 32.6 Å². The molecule has 0 aromatic heterocycles. The van der Waals surface area contributed by atoms with E-state index in [1.54, 1.807) is 0 Å². The lowest BCUT2D eigenvalue weighted by Gasteiger charge is -2.30. The van der Waals surface area contributed by atoms with Crippen LogP contribution < -0.4 is 5.32 Å². The van der Waals surface area contributed by atoms with Crippen molar-refractivity contribution < 1.29 is 0 Å². The molecule has 1 rings (SSSR count). The van der Waals surface area contributed by atoms with Crippen LogP contribution in [0.25, 0.3) is 0 Å². The molecule has 1 fully saturated rings. The molecular formula is C11H25N3. The van der Waals surface area contributed by atoms with Gasteiger partial charge in [-0.1, -0.05) is 0 Å². The molecule has 0 radical (unpaired) electrons. The molecule has 84 valence electrons. The molecule has 1 aliphatic heterocycles. The Balaban J connectivity index is 2.42. The van der Waals surface area contributed by atoms with Gasteiger partial charge in [-0.05, 0) is 47.5 Å². The second kappa shape index (κ2) is 5.69. The minimum Gasteiger partial charge on any atom is -0.316 e. The van der Waals surface area contributed by atoms with Gasteiger partial charge in [0, 0.05) is 25.2 Å². The number of hydrogen-bond donors (Lipinski definition) is 1. The van der Waals surface area contributed by atoms with Crippen molar-refractivity contribution in [2.24, 2.45) is 0 Å². The summed E-state index contributed by atoms with van der Waals surface area (Å²) in [6, 6.07) is 1.29. The number of hydrogen-bond acceptors (Lipinski definition) is 3. The zero-order valence-electron chi connectivity index (χ0n) is 10.1. The standard InChI is InChI=1S/C11H25N3/c1-10(12-3)8-14-7-5-6-13(4)9-11(14)2/h10-12H,5-9H2,1-4H3/t10-,11?/m0/s1. The molecule has 1 N–H and O–H groups in total. The molecule has 3 heteroatoms. The van der Waals surface area contributed by atoms with E-state index >= 15 is 0 Å². The van der Waals surface area contributed by atoms with E-state index < -0.39 is 0 Å². The summed E-state index contributed by atoms with van der Waals surface area (Å²) in [6.45, 7) is 9.46. The first-order valence-electron chi connectivity index (χ1n) is 5.73.